The quantitative estimate of drug-likeness (QED) is 0.0437. The zero-order valence-electron chi connectivity index (χ0n) is 38.3. The van der Waals surface area contributed by atoms with Gasteiger partial charge in [-0.05, 0) is 112 Å². The third kappa shape index (κ3) is 9.29. The van der Waals surface area contributed by atoms with Crippen LogP contribution in [0.15, 0.2) is 175 Å². The molecule has 7 heteroatoms. The summed E-state index contributed by atoms with van der Waals surface area (Å²) in [6, 6.07) is 63.2. The molecular weight excluding hydrogens is 859 g/mol. The molecule has 9 rings (SSSR count). The molecule has 0 radical (unpaired) electrons. The molecule has 0 amide bonds. The fourth-order valence-corrected chi connectivity index (χ4v) is 11.4. The van der Waals surface area contributed by atoms with Crippen LogP contribution in [0.25, 0.3) is 48.7 Å². The zero-order valence-corrected chi connectivity index (χ0v) is 40.0. The van der Waals surface area contributed by atoms with Gasteiger partial charge in [0.25, 0.3) is 0 Å². The molecule has 0 saturated carbocycles. The lowest BCUT2D eigenvalue weighted by molar-refractivity contribution is -0.132. The van der Waals surface area contributed by atoms with Crippen molar-refractivity contribution in [2.24, 2.45) is 0 Å². The number of hydrogen-bond donors (Lipinski definition) is 2. The number of hydrogen-bond acceptors (Lipinski definition) is 6. The van der Waals surface area contributed by atoms with Gasteiger partial charge in [-0.1, -0.05) is 167 Å². The first-order valence-corrected chi connectivity index (χ1v) is 24.7. The second-order valence-electron chi connectivity index (χ2n) is 17.6. The van der Waals surface area contributed by atoms with Gasteiger partial charge in [0.05, 0.1) is 16.3 Å². The highest BCUT2D eigenvalue weighted by molar-refractivity contribution is 7.24. The highest BCUT2D eigenvalue weighted by atomic mass is 32.1. The number of carboxylic acid groups (broad SMARTS) is 1. The molecule has 332 valence electrons. The molecule has 67 heavy (non-hydrogen) atoms. The number of aliphatic carboxylic acids is 1. The average molecular weight is 912 g/mol. The van der Waals surface area contributed by atoms with Gasteiger partial charge in [-0.2, -0.15) is 5.26 Å². The second kappa shape index (κ2) is 19.7. The summed E-state index contributed by atoms with van der Waals surface area (Å²) in [4.78, 5) is 18.1. The zero-order chi connectivity index (χ0) is 46.5. The molecule has 5 nitrogen and oxygen atoms in total. The van der Waals surface area contributed by atoms with Gasteiger partial charge in [0.1, 0.15) is 11.6 Å². The first-order valence-electron chi connectivity index (χ1n) is 23.0. The largest absolute Gasteiger partial charge is 0.477 e. The van der Waals surface area contributed by atoms with E-state index in [2.05, 4.69) is 196 Å². The van der Waals surface area contributed by atoms with Crippen LogP contribution in [0.3, 0.4) is 0 Å². The van der Waals surface area contributed by atoms with E-state index in [1.165, 1.54) is 64.5 Å². The fraction of sp³-hybridized carbons (Fsp3) is 0.167. The molecule has 6 aromatic carbocycles. The Labute approximate surface area is 402 Å². The van der Waals surface area contributed by atoms with Crippen LogP contribution in [-0.4, -0.2) is 17.6 Å². The number of fused-ring (bicyclic) bond motifs is 3. The van der Waals surface area contributed by atoms with Crippen LogP contribution < -0.4 is 10.2 Å². The number of anilines is 3. The Morgan fingerprint density at radius 2 is 1.30 bits per heavy atom. The van der Waals surface area contributed by atoms with E-state index < -0.39 is 5.97 Å². The Bertz CT molecular complexity index is 3110. The number of thiophene rings is 2. The van der Waals surface area contributed by atoms with Crippen LogP contribution in [0.1, 0.15) is 84.7 Å². The number of carboxylic acids is 1. The van der Waals surface area contributed by atoms with E-state index in [0.29, 0.717) is 0 Å². The highest BCUT2D eigenvalue weighted by Gasteiger charge is 2.37. The number of carbonyl (C=O) groups is 1. The van der Waals surface area contributed by atoms with Gasteiger partial charge in [-0.3, -0.25) is 0 Å². The molecular formula is C60H53N3O2S2. The van der Waals surface area contributed by atoms with Gasteiger partial charge in [-0.15, -0.1) is 22.7 Å². The van der Waals surface area contributed by atoms with Gasteiger partial charge in [0, 0.05) is 43.5 Å². The lowest BCUT2D eigenvalue weighted by atomic mass is 9.81. The minimum absolute atomic E-state index is 0.275. The monoisotopic (exact) mass is 911 g/mol. The Hall–Kier alpha value is -7.24. The molecule has 2 N–H and O–H groups in total. The van der Waals surface area contributed by atoms with Crippen molar-refractivity contribution in [2.75, 3.05) is 16.8 Å². The molecule has 1 aliphatic rings. The van der Waals surface area contributed by atoms with Crippen molar-refractivity contribution in [3.63, 3.8) is 0 Å². The van der Waals surface area contributed by atoms with Gasteiger partial charge < -0.3 is 15.3 Å². The van der Waals surface area contributed by atoms with E-state index in [-0.39, 0.29) is 11.0 Å². The number of nitrogens with zero attached hydrogens (tertiary/aromatic N) is 2. The number of unbranched alkanes of at least 4 members (excludes halogenated alkanes) is 3. The highest BCUT2D eigenvalue weighted by Crippen LogP contribution is 2.53. The number of benzene rings is 6. The fourth-order valence-electron chi connectivity index (χ4n) is 9.21. The second-order valence-corrected chi connectivity index (χ2v) is 19.8. The van der Waals surface area contributed by atoms with Gasteiger partial charge in [-0.25, -0.2) is 4.79 Å². The molecule has 0 spiro atoms. The van der Waals surface area contributed by atoms with E-state index in [9.17, 15) is 15.2 Å². The van der Waals surface area contributed by atoms with Crippen LogP contribution in [0.2, 0.25) is 0 Å². The normalized spacial score (nSPS) is 12.5. The number of rotatable bonds is 16. The molecule has 8 aromatic rings. The van der Waals surface area contributed by atoms with Crippen LogP contribution in [0.5, 0.6) is 0 Å². The van der Waals surface area contributed by atoms with E-state index in [1.807, 2.05) is 18.2 Å². The topological polar surface area (TPSA) is 76.4 Å². The summed E-state index contributed by atoms with van der Waals surface area (Å²) < 4.78 is 0. The Morgan fingerprint density at radius 3 is 1.93 bits per heavy atom. The van der Waals surface area contributed by atoms with Crippen molar-refractivity contribution in [2.45, 2.75) is 58.8 Å². The number of nitrogens with one attached hydrogen (secondary N) is 1. The molecule has 0 aliphatic heterocycles. The maximum absolute atomic E-state index is 11.6. The predicted octanol–water partition coefficient (Wildman–Crippen LogP) is 16.5. The van der Waals surface area contributed by atoms with Crippen molar-refractivity contribution in [3.8, 4) is 37.4 Å². The van der Waals surface area contributed by atoms with Gasteiger partial charge >= 0.3 is 5.97 Å². The predicted molar refractivity (Wildman–Crippen MR) is 283 cm³/mol. The summed E-state index contributed by atoms with van der Waals surface area (Å²) in [6.07, 6.45) is 6.10. The Balaban J connectivity index is 1.15. The van der Waals surface area contributed by atoms with Gasteiger partial charge in [0.2, 0.25) is 0 Å². The summed E-state index contributed by atoms with van der Waals surface area (Å²) in [7, 11) is 0. The lowest BCUT2D eigenvalue weighted by Gasteiger charge is -2.32. The third-order valence-corrected chi connectivity index (χ3v) is 15.1. The number of aryl methyl sites for hydroxylation is 1. The average Bonchev–Trinajstić information content (AvgIpc) is 4.06. The SMILES string of the molecule is CCCCCCNc1cc(-c2ccc3c(c2)C(C)(C)c2cc(N(C(=C(c4ccccc4)c4ccccc4)c4ccccc4)c4ccc(C)cc4)ccc2-3)sc1-c1ccc(/C=C(\C#N)C(=O)O)s1. The van der Waals surface area contributed by atoms with Crippen molar-refractivity contribution in [1.82, 2.24) is 0 Å². The van der Waals surface area contributed by atoms with E-state index in [0.717, 1.165) is 83.1 Å². The molecule has 2 aromatic heterocycles. The third-order valence-electron chi connectivity index (χ3n) is 12.7. The van der Waals surface area contributed by atoms with E-state index in [1.54, 1.807) is 11.3 Å². The van der Waals surface area contributed by atoms with Crippen LogP contribution in [0, 0.1) is 18.3 Å². The van der Waals surface area contributed by atoms with E-state index >= 15 is 0 Å². The lowest BCUT2D eigenvalue weighted by Crippen LogP contribution is -2.20. The van der Waals surface area contributed by atoms with E-state index in [4.69, 9.17) is 0 Å². The van der Waals surface area contributed by atoms with Crippen LogP contribution >= 0.6 is 22.7 Å². The Morgan fingerprint density at radius 1 is 0.687 bits per heavy atom. The molecule has 0 atom stereocenters. The van der Waals surface area contributed by atoms with Crippen molar-refractivity contribution in [1.29, 1.82) is 5.26 Å². The van der Waals surface area contributed by atoms with Crippen LogP contribution in [0.4, 0.5) is 17.1 Å². The summed E-state index contributed by atoms with van der Waals surface area (Å²) >= 11 is 3.25. The smallest absolute Gasteiger partial charge is 0.346 e. The van der Waals surface area contributed by atoms with Crippen LogP contribution in [-0.2, 0) is 10.2 Å². The molecule has 0 fully saturated rings. The standard InChI is InChI=1S/C60H53N3O2S2/c1-5-6-7-17-34-62-53-38-55(67-58(53)54-33-30-48(66-54)35-45(39-61)59(64)65)44-26-31-49-50-32-29-47(37-52(50)60(3,4)51(49)36-44)63(46-27-24-40(2)25-28-46)57(43-22-15-10-16-23-43)56(41-18-11-8-12-19-41)42-20-13-9-14-21-42/h8-16,18-33,35-38,62H,5-7,17,34H2,1-4H3,(H,64,65)/b45-35+. The molecule has 1 aliphatic carbocycles. The summed E-state index contributed by atoms with van der Waals surface area (Å²) in [5, 5.41) is 22.7. The molecule has 0 saturated heterocycles. The maximum Gasteiger partial charge on any atom is 0.346 e. The van der Waals surface area contributed by atoms with Crippen molar-refractivity contribution >= 4 is 63.1 Å². The minimum atomic E-state index is -1.22. The molecule has 0 unspecified atom stereocenters. The number of nitriles is 1. The molecule has 0 bridgehead atoms. The van der Waals surface area contributed by atoms with Crippen molar-refractivity contribution < 1.29 is 9.90 Å². The maximum atomic E-state index is 11.6. The minimum Gasteiger partial charge on any atom is -0.477 e. The van der Waals surface area contributed by atoms with Gasteiger partial charge in [0.15, 0.2) is 0 Å². The Kier molecular flexibility index (Phi) is 13.2. The first-order chi connectivity index (χ1) is 32.6. The molecule has 2 heterocycles. The first kappa shape index (κ1) is 44.9. The summed E-state index contributed by atoms with van der Waals surface area (Å²) in [5.74, 6) is -1.22. The summed E-state index contributed by atoms with van der Waals surface area (Å²) in [5.41, 5.74) is 15.7. The van der Waals surface area contributed by atoms with Crippen molar-refractivity contribution in [3.05, 3.63) is 214 Å². The summed E-state index contributed by atoms with van der Waals surface area (Å²) in [6.45, 7) is 9.94.